The number of H-pyrrole nitrogens is 2. The van der Waals surface area contributed by atoms with Gasteiger partial charge in [-0.1, -0.05) is 51.1 Å². The van der Waals surface area contributed by atoms with E-state index in [2.05, 4.69) is 46.4 Å². The molecule has 0 saturated carbocycles. The van der Waals surface area contributed by atoms with Gasteiger partial charge < -0.3 is 15.4 Å². The zero-order valence-electron chi connectivity index (χ0n) is 20.8. The van der Waals surface area contributed by atoms with Crippen molar-refractivity contribution in [3.8, 4) is 11.4 Å². The number of amides is 2. The van der Waals surface area contributed by atoms with E-state index in [1.807, 2.05) is 42.5 Å². The van der Waals surface area contributed by atoms with Crippen LogP contribution < -0.4 is 26.6 Å². The molecule has 0 saturated heterocycles. The van der Waals surface area contributed by atoms with Crippen LogP contribution in [0.15, 0.2) is 70.5 Å². The van der Waals surface area contributed by atoms with Crippen LogP contribution in [0, 0.1) is 0 Å². The van der Waals surface area contributed by atoms with E-state index in [9.17, 15) is 14.4 Å². The fraction of sp³-hybridized carbons (Fsp3) is 0.185. The van der Waals surface area contributed by atoms with E-state index in [1.54, 1.807) is 23.8 Å². The molecule has 0 spiro atoms. The van der Waals surface area contributed by atoms with E-state index in [-0.39, 0.29) is 16.6 Å². The molecule has 0 bridgehead atoms. The van der Waals surface area contributed by atoms with Gasteiger partial charge in [-0.15, -0.1) is 0 Å². The number of methoxy groups -OCH3 is 1. The molecular formula is C27H26N6O4. The largest absolute Gasteiger partial charge is 0.495 e. The molecule has 0 aliphatic heterocycles. The monoisotopic (exact) mass is 498 g/mol. The smallest absolute Gasteiger partial charge is 0.327 e. The molecule has 0 radical (unpaired) electrons. The van der Waals surface area contributed by atoms with Crippen LogP contribution in [0.5, 0.6) is 5.75 Å². The second-order valence-electron chi connectivity index (χ2n) is 9.64. The zero-order valence-corrected chi connectivity index (χ0v) is 20.8. The third kappa shape index (κ3) is 4.44. The van der Waals surface area contributed by atoms with Crippen LogP contribution in [-0.2, 0) is 5.41 Å². The van der Waals surface area contributed by atoms with E-state index < -0.39 is 17.3 Å². The molecule has 10 nitrogen and oxygen atoms in total. The Morgan fingerprint density at radius 3 is 2.41 bits per heavy atom. The van der Waals surface area contributed by atoms with Gasteiger partial charge in [-0.25, -0.2) is 14.6 Å². The number of nitrogens with one attached hydrogen (secondary N) is 4. The van der Waals surface area contributed by atoms with Crippen LogP contribution in [0.25, 0.3) is 27.6 Å². The number of carbonyl (C=O) groups excluding carboxylic acids is 1. The highest BCUT2D eigenvalue weighted by molar-refractivity contribution is 6.08. The molecule has 3 aromatic carbocycles. The normalized spacial score (nSPS) is 11.6. The number of rotatable bonds is 4. The van der Waals surface area contributed by atoms with Crippen molar-refractivity contribution in [2.24, 2.45) is 0 Å². The molecule has 0 unspecified atom stereocenters. The number of hydrogen-bond acceptors (Lipinski definition) is 5. The molecule has 2 amide bonds. The molecule has 2 heterocycles. The van der Waals surface area contributed by atoms with Crippen molar-refractivity contribution < 1.29 is 9.53 Å². The van der Waals surface area contributed by atoms with Gasteiger partial charge in [0.15, 0.2) is 11.2 Å². The molecule has 4 N–H and O–H groups in total. The number of aromatic nitrogens is 4. The maximum Gasteiger partial charge on any atom is 0.327 e. The minimum atomic E-state index is -0.621. The molecule has 0 atom stereocenters. The Morgan fingerprint density at radius 1 is 0.946 bits per heavy atom. The van der Waals surface area contributed by atoms with Crippen molar-refractivity contribution in [2.45, 2.75) is 26.2 Å². The fourth-order valence-electron chi connectivity index (χ4n) is 4.27. The summed E-state index contributed by atoms with van der Waals surface area (Å²) >= 11 is 0. The molecule has 2 aromatic heterocycles. The molecule has 0 aliphatic rings. The van der Waals surface area contributed by atoms with Gasteiger partial charge in [0.1, 0.15) is 12.1 Å². The quantitative estimate of drug-likeness (QED) is 0.289. The molecular weight excluding hydrogens is 472 g/mol. The van der Waals surface area contributed by atoms with Crippen LogP contribution >= 0.6 is 0 Å². The number of benzene rings is 3. The first-order chi connectivity index (χ1) is 17.7. The molecule has 0 fully saturated rings. The number of urea groups is 1. The Balaban J connectivity index is 1.51. The topological polar surface area (TPSA) is 134 Å². The van der Waals surface area contributed by atoms with Gasteiger partial charge in [0.25, 0.3) is 5.56 Å². The maximum absolute atomic E-state index is 13.0. The summed E-state index contributed by atoms with van der Waals surface area (Å²) in [5.41, 5.74) is 2.00. The Kier molecular flexibility index (Phi) is 5.79. The van der Waals surface area contributed by atoms with Crippen molar-refractivity contribution in [1.82, 2.24) is 19.5 Å². The van der Waals surface area contributed by atoms with Gasteiger partial charge >= 0.3 is 11.7 Å². The van der Waals surface area contributed by atoms with Crippen LogP contribution in [-0.4, -0.2) is 32.7 Å². The summed E-state index contributed by atoms with van der Waals surface area (Å²) < 4.78 is 7.08. The minimum Gasteiger partial charge on any atom is -0.495 e. The number of nitrogens with zero attached hydrogens (tertiary/aromatic N) is 2. The lowest BCUT2D eigenvalue weighted by Crippen LogP contribution is -2.22. The summed E-state index contributed by atoms with van der Waals surface area (Å²) in [7, 11) is 1.56. The van der Waals surface area contributed by atoms with E-state index in [0.29, 0.717) is 22.8 Å². The lowest BCUT2D eigenvalue weighted by molar-refractivity contribution is 0.262. The number of ether oxygens (including phenoxy) is 1. The van der Waals surface area contributed by atoms with Crippen LogP contribution in [0.3, 0.4) is 0 Å². The molecule has 37 heavy (non-hydrogen) atoms. The Hall–Kier alpha value is -4.86. The summed E-state index contributed by atoms with van der Waals surface area (Å²) in [4.78, 5) is 46.0. The summed E-state index contributed by atoms with van der Waals surface area (Å²) in [6.45, 7) is 6.30. The zero-order chi connectivity index (χ0) is 26.3. The molecule has 0 aliphatic carbocycles. The molecule has 5 aromatic rings. The number of carbonyl (C=O) groups is 1. The van der Waals surface area contributed by atoms with Crippen molar-refractivity contribution >= 4 is 39.3 Å². The number of anilines is 2. The Bertz CT molecular complexity index is 1770. The predicted octanol–water partition coefficient (Wildman–Crippen LogP) is 4.51. The second kappa shape index (κ2) is 8.98. The van der Waals surface area contributed by atoms with Gasteiger partial charge in [0, 0.05) is 10.8 Å². The van der Waals surface area contributed by atoms with Crippen molar-refractivity contribution in [2.75, 3.05) is 17.7 Å². The molecule has 5 rings (SSSR count). The number of fused-ring (bicyclic) bond motifs is 2. The summed E-state index contributed by atoms with van der Waals surface area (Å²) in [6.07, 6.45) is 1.48. The van der Waals surface area contributed by atoms with E-state index in [0.717, 1.165) is 16.3 Å². The predicted molar refractivity (Wildman–Crippen MR) is 144 cm³/mol. The standard InChI is InChI=1S/C27H26N6O4/c1-27(2,3)15-9-12-21(37-4)19(13-15)30-25(35)29-18-10-11-20(17-8-6-5-7-16(17)18)33-14-28-22-23(33)31-26(36)32-24(22)34/h5-14H,1-4H3,(H2,29,30,35)(H2,31,32,34,36). The first-order valence-electron chi connectivity index (χ1n) is 11.6. The molecule has 10 heteroatoms. The van der Waals surface area contributed by atoms with Crippen LogP contribution in [0.1, 0.15) is 26.3 Å². The average Bonchev–Trinajstić information content (AvgIpc) is 3.27. The lowest BCUT2D eigenvalue weighted by Gasteiger charge is -2.21. The van der Waals surface area contributed by atoms with Crippen molar-refractivity contribution in [3.05, 3.63) is 87.3 Å². The maximum atomic E-state index is 13.0. The minimum absolute atomic E-state index is 0.0993. The van der Waals surface area contributed by atoms with E-state index in [1.165, 1.54) is 6.33 Å². The van der Waals surface area contributed by atoms with Gasteiger partial charge in [-0.05, 0) is 35.2 Å². The summed E-state index contributed by atoms with van der Waals surface area (Å²) in [6, 6.07) is 16.4. The first kappa shape index (κ1) is 23.9. The Labute approximate surface area is 211 Å². The lowest BCUT2D eigenvalue weighted by atomic mass is 9.87. The number of imidazole rings is 1. The van der Waals surface area contributed by atoms with Crippen molar-refractivity contribution in [3.63, 3.8) is 0 Å². The van der Waals surface area contributed by atoms with Gasteiger partial charge in [0.05, 0.1) is 24.2 Å². The van der Waals surface area contributed by atoms with Gasteiger partial charge in [-0.2, -0.15) is 0 Å². The SMILES string of the molecule is COc1ccc(C(C)(C)C)cc1NC(=O)Nc1ccc(-n2cnc3c(=O)[nH]c(=O)[nH]c32)c2ccccc12. The number of hydrogen-bond donors (Lipinski definition) is 4. The van der Waals surface area contributed by atoms with Crippen molar-refractivity contribution in [1.29, 1.82) is 0 Å². The highest BCUT2D eigenvalue weighted by Gasteiger charge is 2.18. The van der Waals surface area contributed by atoms with Crippen LogP contribution in [0.4, 0.5) is 16.2 Å². The number of aromatic amines is 2. The highest BCUT2D eigenvalue weighted by Crippen LogP contribution is 2.33. The van der Waals surface area contributed by atoms with Gasteiger partial charge in [-0.3, -0.25) is 19.3 Å². The van der Waals surface area contributed by atoms with E-state index in [4.69, 9.17) is 4.74 Å². The first-order valence-corrected chi connectivity index (χ1v) is 11.6. The summed E-state index contributed by atoms with van der Waals surface area (Å²) in [5, 5.41) is 7.37. The third-order valence-electron chi connectivity index (χ3n) is 6.16. The van der Waals surface area contributed by atoms with Crippen LogP contribution in [0.2, 0.25) is 0 Å². The fourth-order valence-corrected chi connectivity index (χ4v) is 4.27. The average molecular weight is 499 g/mol. The van der Waals surface area contributed by atoms with E-state index >= 15 is 0 Å². The summed E-state index contributed by atoms with van der Waals surface area (Å²) in [5.74, 6) is 0.555. The third-order valence-corrected chi connectivity index (χ3v) is 6.16. The Morgan fingerprint density at radius 2 is 1.68 bits per heavy atom. The molecule has 188 valence electrons. The second-order valence-corrected chi connectivity index (χ2v) is 9.64. The van der Waals surface area contributed by atoms with Gasteiger partial charge in [0.2, 0.25) is 0 Å². The highest BCUT2D eigenvalue weighted by atomic mass is 16.5.